The highest BCUT2D eigenvalue weighted by atomic mass is 16.5. The smallest absolute Gasteiger partial charge is 0.260 e. The molecule has 0 spiro atoms. The molecule has 4 rings (SSSR count). The number of amides is 2. The number of carbonyl (C=O) groups is 2. The summed E-state index contributed by atoms with van der Waals surface area (Å²) in [7, 11) is 1.64. The molecule has 0 atom stereocenters. The average molecular weight is 487 g/mol. The van der Waals surface area contributed by atoms with E-state index in [2.05, 4.69) is 12.1 Å². The summed E-state index contributed by atoms with van der Waals surface area (Å²) >= 11 is 0. The van der Waals surface area contributed by atoms with Gasteiger partial charge in [-0.2, -0.15) is 0 Å². The van der Waals surface area contributed by atoms with E-state index in [0.717, 1.165) is 35.5 Å². The molecule has 3 aromatic carbocycles. The fourth-order valence-electron chi connectivity index (χ4n) is 4.46. The summed E-state index contributed by atoms with van der Waals surface area (Å²) in [6.45, 7) is 2.39. The van der Waals surface area contributed by atoms with Gasteiger partial charge in [-0.05, 0) is 47.7 Å². The highest BCUT2D eigenvalue weighted by Crippen LogP contribution is 2.22. The second-order valence-electron chi connectivity index (χ2n) is 9.02. The van der Waals surface area contributed by atoms with Crippen LogP contribution >= 0.6 is 0 Å². The molecule has 0 saturated carbocycles. The van der Waals surface area contributed by atoms with Gasteiger partial charge < -0.3 is 19.3 Å². The van der Waals surface area contributed by atoms with Crippen LogP contribution in [0.3, 0.4) is 0 Å². The Balaban J connectivity index is 1.25. The Bertz CT molecular complexity index is 1130. The fourth-order valence-corrected chi connectivity index (χ4v) is 4.46. The molecule has 0 aromatic heterocycles. The number of methoxy groups -OCH3 is 1. The zero-order valence-corrected chi connectivity index (χ0v) is 20.9. The summed E-state index contributed by atoms with van der Waals surface area (Å²) in [6.07, 6.45) is 2.67. The molecular weight excluding hydrogens is 452 g/mol. The molecule has 2 amide bonds. The van der Waals surface area contributed by atoms with Crippen molar-refractivity contribution in [1.29, 1.82) is 0 Å². The molecule has 3 aromatic rings. The third kappa shape index (κ3) is 7.11. The first-order chi connectivity index (χ1) is 17.6. The lowest BCUT2D eigenvalue weighted by atomic mass is 10.0. The van der Waals surface area contributed by atoms with E-state index in [-0.39, 0.29) is 18.4 Å². The largest absolute Gasteiger partial charge is 0.497 e. The quantitative estimate of drug-likeness (QED) is 0.451. The maximum atomic E-state index is 12.9. The molecule has 0 aliphatic carbocycles. The van der Waals surface area contributed by atoms with Crippen molar-refractivity contribution in [2.75, 3.05) is 39.9 Å². The van der Waals surface area contributed by atoms with Crippen molar-refractivity contribution < 1.29 is 19.1 Å². The molecule has 1 saturated heterocycles. The molecule has 36 heavy (non-hydrogen) atoms. The Morgan fingerprint density at radius 1 is 0.750 bits per heavy atom. The molecule has 6 nitrogen and oxygen atoms in total. The van der Waals surface area contributed by atoms with Gasteiger partial charge in [0.25, 0.3) is 5.91 Å². The maximum absolute atomic E-state index is 12.9. The van der Waals surface area contributed by atoms with Gasteiger partial charge >= 0.3 is 0 Å². The van der Waals surface area contributed by atoms with Gasteiger partial charge in [0.15, 0.2) is 6.61 Å². The SMILES string of the molecule is COc1ccc(CCC(=O)N2CCCN(C(=O)COc3ccccc3Cc3ccccc3)CC2)cc1. The van der Waals surface area contributed by atoms with Gasteiger partial charge in [-0.25, -0.2) is 0 Å². The Hall–Kier alpha value is -3.80. The van der Waals surface area contributed by atoms with Crippen LogP contribution in [-0.2, 0) is 22.4 Å². The van der Waals surface area contributed by atoms with E-state index >= 15 is 0 Å². The molecule has 188 valence electrons. The van der Waals surface area contributed by atoms with E-state index in [9.17, 15) is 9.59 Å². The van der Waals surface area contributed by atoms with E-state index in [1.807, 2.05) is 76.5 Å². The summed E-state index contributed by atoms with van der Waals surface area (Å²) in [5, 5.41) is 0. The highest BCUT2D eigenvalue weighted by molar-refractivity contribution is 5.79. The zero-order valence-electron chi connectivity index (χ0n) is 20.9. The normalized spacial score (nSPS) is 13.7. The second kappa shape index (κ2) is 12.8. The van der Waals surface area contributed by atoms with Crippen molar-refractivity contribution in [1.82, 2.24) is 9.80 Å². The summed E-state index contributed by atoms with van der Waals surface area (Å²) in [5.74, 6) is 1.63. The number of hydrogen-bond donors (Lipinski definition) is 0. The molecule has 0 bridgehead atoms. The Morgan fingerprint density at radius 2 is 1.42 bits per heavy atom. The summed E-state index contributed by atoms with van der Waals surface area (Å²) < 4.78 is 11.2. The van der Waals surface area contributed by atoms with Crippen molar-refractivity contribution in [2.45, 2.75) is 25.7 Å². The van der Waals surface area contributed by atoms with Gasteiger partial charge in [0, 0.05) is 39.0 Å². The standard InChI is InChI=1S/C30H34N2O4/c1-35-27-15-12-24(13-16-27)14-17-29(33)31-18-7-19-32(21-20-31)30(34)23-36-28-11-6-5-10-26(28)22-25-8-3-2-4-9-25/h2-6,8-13,15-16H,7,14,17-23H2,1H3. The molecular formula is C30H34N2O4. The highest BCUT2D eigenvalue weighted by Gasteiger charge is 2.22. The minimum atomic E-state index is -0.0444. The van der Waals surface area contributed by atoms with Crippen molar-refractivity contribution in [3.63, 3.8) is 0 Å². The van der Waals surface area contributed by atoms with E-state index in [1.54, 1.807) is 7.11 Å². The molecule has 0 unspecified atom stereocenters. The minimum Gasteiger partial charge on any atom is -0.497 e. The number of ether oxygens (including phenoxy) is 2. The minimum absolute atomic E-state index is 0.00276. The first-order valence-corrected chi connectivity index (χ1v) is 12.6. The van der Waals surface area contributed by atoms with Gasteiger partial charge in [0.2, 0.25) is 5.91 Å². The van der Waals surface area contributed by atoms with E-state index in [1.165, 1.54) is 5.56 Å². The number of aryl methyl sites for hydroxylation is 1. The third-order valence-corrected chi connectivity index (χ3v) is 6.55. The van der Waals surface area contributed by atoms with Crippen LogP contribution in [0.15, 0.2) is 78.9 Å². The van der Waals surface area contributed by atoms with Crippen molar-refractivity contribution in [3.8, 4) is 11.5 Å². The van der Waals surface area contributed by atoms with Crippen LogP contribution in [0, 0.1) is 0 Å². The van der Waals surface area contributed by atoms with E-state index in [4.69, 9.17) is 9.47 Å². The second-order valence-corrected chi connectivity index (χ2v) is 9.02. The number of carbonyl (C=O) groups excluding carboxylic acids is 2. The number of benzene rings is 3. The number of para-hydroxylation sites is 1. The third-order valence-electron chi connectivity index (χ3n) is 6.55. The van der Waals surface area contributed by atoms with Crippen LogP contribution in [0.5, 0.6) is 11.5 Å². The Kier molecular flexibility index (Phi) is 8.98. The van der Waals surface area contributed by atoms with Crippen molar-refractivity contribution in [2.24, 2.45) is 0 Å². The predicted molar refractivity (Wildman–Crippen MR) is 140 cm³/mol. The van der Waals surface area contributed by atoms with Gasteiger partial charge in [-0.3, -0.25) is 9.59 Å². The summed E-state index contributed by atoms with van der Waals surface area (Å²) in [4.78, 5) is 29.4. The first kappa shape index (κ1) is 25.3. The van der Waals surface area contributed by atoms with Crippen LogP contribution < -0.4 is 9.47 Å². The summed E-state index contributed by atoms with van der Waals surface area (Å²) in [5.41, 5.74) is 3.37. The zero-order chi connectivity index (χ0) is 25.2. The van der Waals surface area contributed by atoms with E-state index < -0.39 is 0 Å². The molecule has 1 fully saturated rings. The summed E-state index contributed by atoms with van der Waals surface area (Å²) in [6, 6.07) is 25.9. The topological polar surface area (TPSA) is 59.1 Å². The number of hydrogen-bond acceptors (Lipinski definition) is 4. The maximum Gasteiger partial charge on any atom is 0.260 e. The number of rotatable bonds is 9. The van der Waals surface area contributed by atoms with Gasteiger partial charge in [0.1, 0.15) is 11.5 Å². The lowest BCUT2D eigenvalue weighted by molar-refractivity contribution is -0.134. The molecule has 1 aliphatic rings. The monoisotopic (exact) mass is 486 g/mol. The van der Waals surface area contributed by atoms with Crippen molar-refractivity contribution >= 4 is 11.8 Å². The van der Waals surface area contributed by atoms with E-state index in [0.29, 0.717) is 39.0 Å². The molecule has 0 radical (unpaired) electrons. The predicted octanol–water partition coefficient (Wildman–Crippen LogP) is 4.36. The van der Waals surface area contributed by atoms with Crippen LogP contribution in [0.2, 0.25) is 0 Å². The Morgan fingerprint density at radius 3 is 2.14 bits per heavy atom. The van der Waals surface area contributed by atoms with Crippen molar-refractivity contribution in [3.05, 3.63) is 95.6 Å². The van der Waals surface area contributed by atoms with Gasteiger partial charge in [-0.1, -0.05) is 60.7 Å². The first-order valence-electron chi connectivity index (χ1n) is 12.6. The lowest BCUT2D eigenvalue weighted by Crippen LogP contribution is -2.39. The van der Waals surface area contributed by atoms with Gasteiger partial charge in [-0.15, -0.1) is 0 Å². The lowest BCUT2D eigenvalue weighted by Gasteiger charge is -2.22. The Labute approximate surface area is 213 Å². The van der Waals surface area contributed by atoms with Crippen LogP contribution in [-0.4, -0.2) is 61.5 Å². The van der Waals surface area contributed by atoms with Gasteiger partial charge in [0.05, 0.1) is 7.11 Å². The van der Waals surface area contributed by atoms with Crippen LogP contribution in [0.1, 0.15) is 29.5 Å². The fraction of sp³-hybridized carbons (Fsp3) is 0.333. The molecule has 6 heteroatoms. The molecule has 1 heterocycles. The van der Waals surface area contributed by atoms with Crippen LogP contribution in [0.4, 0.5) is 0 Å². The number of nitrogens with zero attached hydrogens (tertiary/aromatic N) is 2. The average Bonchev–Trinajstić information content (AvgIpc) is 3.19. The molecule has 1 aliphatic heterocycles. The molecule has 0 N–H and O–H groups in total. The van der Waals surface area contributed by atoms with Crippen LogP contribution in [0.25, 0.3) is 0 Å².